The zero-order valence-electron chi connectivity index (χ0n) is 14.1. The summed E-state index contributed by atoms with van der Waals surface area (Å²) in [5, 5.41) is 3.31. The maximum atomic E-state index is 13.2. The van der Waals surface area contributed by atoms with Gasteiger partial charge in [0, 0.05) is 0 Å². The molecule has 2 heteroatoms. The molecule has 0 aliphatic heterocycles. The van der Waals surface area contributed by atoms with Crippen LogP contribution in [0.5, 0.6) is 0 Å². The fourth-order valence-electron chi connectivity index (χ4n) is 3.45. The Bertz CT molecular complexity index is 800. The van der Waals surface area contributed by atoms with E-state index in [1.54, 1.807) is 0 Å². The summed E-state index contributed by atoms with van der Waals surface area (Å²) in [5.41, 5.74) is 2.97. The summed E-state index contributed by atoms with van der Waals surface area (Å²) >= 11 is 0. The van der Waals surface area contributed by atoms with Crippen LogP contribution in [0, 0.1) is 0 Å². The van der Waals surface area contributed by atoms with Crippen molar-refractivity contribution >= 4 is 5.91 Å². The van der Waals surface area contributed by atoms with Gasteiger partial charge in [-0.3, -0.25) is 4.79 Å². The first-order valence-electron chi connectivity index (χ1n) is 8.76. The van der Waals surface area contributed by atoms with Crippen LogP contribution in [0.15, 0.2) is 91.0 Å². The second-order valence-electron chi connectivity index (χ2n) is 6.68. The molecule has 124 valence electrons. The first-order chi connectivity index (χ1) is 12.3. The second-order valence-corrected chi connectivity index (χ2v) is 6.68. The van der Waals surface area contributed by atoms with Crippen molar-refractivity contribution < 1.29 is 4.79 Å². The topological polar surface area (TPSA) is 29.1 Å². The quantitative estimate of drug-likeness (QED) is 0.727. The van der Waals surface area contributed by atoms with E-state index in [0.717, 1.165) is 29.5 Å². The summed E-state index contributed by atoms with van der Waals surface area (Å²) in [5.74, 6) is 0.122. The molecule has 0 bridgehead atoms. The highest BCUT2D eigenvalue weighted by Crippen LogP contribution is 2.48. The van der Waals surface area contributed by atoms with Crippen LogP contribution in [-0.2, 0) is 10.2 Å². The number of amides is 1. The highest BCUT2D eigenvalue weighted by atomic mass is 16.2. The van der Waals surface area contributed by atoms with Crippen molar-refractivity contribution in [1.82, 2.24) is 5.32 Å². The zero-order valence-corrected chi connectivity index (χ0v) is 14.1. The Kier molecular flexibility index (Phi) is 4.10. The van der Waals surface area contributed by atoms with E-state index in [1.807, 2.05) is 54.6 Å². The van der Waals surface area contributed by atoms with Crippen molar-refractivity contribution in [1.29, 1.82) is 0 Å². The van der Waals surface area contributed by atoms with Crippen molar-refractivity contribution in [2.45, 2.75) is 24.3 Å². The third-order valence-electron chi connectivity index (χ3n) is 5.05. The molecule has 1 aliphatic carbocycles. The molecule has 0 heterocycles. The lowest BCUT2D eigenvalue weighted by Crippen LogP contribution is -2.37. The molecule has 0 spiro atoms. The van der Waals surface area contributed by atoms with Crippen LogP contribution in [-0.4, -0.2) is 5.91 Å². The van der Waals surface area contributed by atoms with E-state index in [2.05, 4.69) is 41.7 Å². The molecule has 1 amide bonds. The lowest BCUT2D eigenvalue weighted by molar-refractivity contribution is -0.124. The van der Waals surface area contributed by atoms with Crippen LogP contribution < -0.4 is 5.32 Å². The molecule has 3 aromatic rings. The van der Waals surface area contributed by atoms with Gasteiger partial charge in [-0.1, -0.05) is 91.0 Å². The molecule has 3 aromatic carbocycles. The number of nitrogens with one attached hydrogen (secondary N) is 1. The number of rotatable bonds is 5. The minimum Gasteiger partial charge on any atom is -0.344 e. The van der Waals surface area contributed by atoms with Crippen LogP contribution in [0.4, 0.5) is 0 Å². The highest BCUT2D eigenvalue weighted by molar-refractivity contribution is 5.91. The Balaban J connectivity index is 1.65. The molecular weight excluding hydrogens is 306 g/mol. The van der Waals surface area contributed by atoms with Gasteiger partial charge in [-0.25, -0.2) is 0 Å². The standard InChI is InChI=1S/C23H21NO/c25-22(23(16-17-23)20-14-8-3-9-15-20)24-21(18-10-4-1-5-11-18)19-12-6-2-7-13-19/h1-15,21H,16-17H2,(H,24,25). The number of hydrogen-bond donors (Lipinski definition) is 1. The maximum absolute atomic E-state index is 13.2. The number of carbonyl (C=O) groups is 1. The molecule has 0 atom stereocenters. The third kappa shape index (κ3) is 3.08. The monoisotopic (exact) mass is 327 g/mol. The van der Waals surface area contributed by atoms with Crippen LogP contribution in [0.2, 0.25) is 0 Å². The van der Waals surface area contributed by atoms with Gasteiger partial charge in [0.05, 0.1) is 11.5 Å². The van der Waals surface area contributed by atoms with Gasteiger partial charge >= 0.3 is 0 Å². The molecule has 1 saturated carbocycles. The van der Waals surface area contributed by atoms with Crippen LogP contribution in [0.3, 0.4) is 0 Å². The zero-order chi connectivity index (χ0) is 17.1. The number of benzene rings is 3. The predicted octanol–water partition coefficient (Wildman–Crippen LogP) is 4.62. The van der Waals surface area contributed by atoms with E-state index >= 15 is 0 Å². The molecular formula is C23H21NO. The minimum atomic E-state index is -0.358. The van der Waals surface area contributed by atoms with Gasteiger partial charge in [0.2, 0.25) is 5.91 Å². The van der Waals surface area contributed by atoms with Crippen molar-refractivity contribution in [3.05, 3.63) is 108 Å². The lowest BCUT2D eigenvalue weighted by Gasteiger charge is -2.24. The highest BCUT2D eigenvalue weighted by Gasteiger charge is 2.51. The van der Waals surface area contributed by atoms with E-state index in [0.29, 0.717) is 0 Å². The summed E-state index contributed by atoms with van der Waals surface area (Å²) < 4.78 is 0. The average molecular weight is 327 g/mol. The average Bonchev–Trinajstić information content (AvgIpc) is 3.50. The SMILES string of the molecule is O=C(NC(c1ccccc1)c1ccccc1)C1(c2ccccc2)CC1. The van der Waals surface area contributed by atoms with Gasteiger partial charge in [0.25, 0.3) is 0 Å². The van der Waals surface area contributed by atoms with E-state index in [-0.39, 0.29) is 17.4 Å². The normalized spacial score (nSPS) is 14.9. The molecule has 25 heavy (non-hydrogen) atoms. The molecule has 4 rings (SSSR count). The fourth-order valence-corrected chi connectivity index (χ4v) is 3.45. The van der Waals surface area contributed by atoms with Crippen LogP contribution in [0.25, 0.3) is 0 Å². The molecule has 0 unspecified atom stereocenters. The van der Waals surface area contributed by atoms with E-state index < -0.39 is 0 Å². The van der Waals surface area contributed by atoms with Crippen molar-refractivity contribution in [3.8, 4) is 0 Å². The van der Waals surface area contributed by atoms with Gasteiger partial charge in [0.15, 0.2) is 0 Å². The Morgan fingerprint density at radius 3 is 1.60 bits per heavy atom. The van der Waals surface area contributed by atoms with E-state index in [9.17, 15) is 4.79 Å². The Morgan fingerprint density at radius 2 is 1.16 bits per heavy atom. The van der Waals surface area contributed by atoms with Crippen molar-refractivity contribution in [2.24, 2.45) is 0 Å². The predicted molar refractivity (Wildman–Crippen MR) is 100 cm³/mol. The van der Waals surface area contributed by atoms with Crippen molar-refractivity contribution in [3.63, 3.8) is 0 Å². The first-order valence-corrected chi connectivity index (χ1v) is 8.76. The second kappa shape index (κ2) is 6.56. The smallest absolute Gasteiger partial charge is 0.231 e. The van der Waals surface area contributed by atoms with Gasteiger partial charge in [-0.2, -0.15) is 0 Å². The molecule has 2 nitrogen and oxygen atoms in total. The van der Waals surface area contributed by atoms with E-state index in [4.69, 9.17) is 0 Å². The molecule has 1 fully saturated rings. The van der Waals surface area contributed by atoms with Gasteiger partial charge in [-0.15, -0.1) is 0 Å². The molecule has 0 radical (unpaired) electrons. The third-order valence-corrected chi connectivity index (χ3v) is 5.05. The van der Waals surface area contributed by atoms with Crippen LogP contribution >= 0.6 is 0 Å². The Hall–Kier alpha value is -2.87. The van der Waals surface area contributed by atoms with Crippen molar-refractivity contribution in [2.75, 3.05) is 0 Å². The van der Waals surface area contributed by atoms with Gasteiger partial charge < -0.3 is 5.32 Å². The molecule has 0 aromatic heterocycles. The summed E-state index contributed by atoms with van der Waals surface area (Å²) in [6.45, 7) is 0. The molecule has 1 N–H and O–H groups in total. The summed E-state index contributed by atoms with van der Waals surface area (Å²) in [6, 6.07) is 30.3. The largest absolute Gasteiger partial charge is 0.344 e. The van der Waals surface area contributed by atoms with Gasteiger partial charge in [0.1, 0.15) is 0 Å². The van der Waals surface area contributed by atoms with Crippen LogP contribution in [0.1, 0.15) is 35.6 Å². The summed E-state index contributed by atoms with van der Waals surface area (Å²) in [6.07, 6.45) is 1.83. The maximum Gasteiger partial charge on any atom is 0.231 e. The number of carbonyl (C=O) groups excluding carboxylic acids is 1. The Morgan fingerprint density at radius 1 is 0.720 bits per heavy atom. The molecule has 1 aliphatic rings. The molecule has 0 saturated heterocycles. The summed E-state index contributed by atoms with van der Waals surface area (Å²) in [4.78, 5) is 13.2. The minimum absolute atomic E-state index is 0.122. The van der Waals surface area contributed by atoms with E-state index in [1.165, 1.54) is 0 Å². The summed E-state index contributed by atoms with van der Waals surface area (Å²) in [7, 11) is 0. The number of hydrogen-bond acceptors (Lipinski definition) is 1. The Labute approximate surface area is 148 Å². The lowest BCUT2D eigenvalue weighted by atomic mass is 9.92. The van der Waals surface area contributed by atoms with Gasteiger partial charge in [-0.05, 0) is 29.5 Å². The first kappa shape index (κ1) is 15.6. The fraction of sp³-hybridized carbons (Fsp3) is 0.174.